The first-order chi connectivity index (χ1) is 13.2. The second-order valence-electron chi connectivity index (χ2n) is 7.03. The first-order valence-corrected chi connectivity index (χ1v) is 9.12. The van der Waals surface area contributed by atoms with Crippen molar-refractivity contribution < 1.29 is 14.3 Å². The third kappa shape index (κ3) is 2.89. The van der Waals surface area contributed by atoms with E-state index in [0.717, 1.165) is 39.1 Å². The van der Waals surface area contributed by atoms with E-state index in [-0.39, 0.29) is 12.0 Å². The van der Waals surface area contributed by atoms with Crippen LogP contribution in [0.25, 0.3) is 22.2 Å². The molecular formula is C20H20N4O3. The number of nitrogens with zero attached hydrogens (tertiary/aromatic N) is 3. The number of amides is 1. The van der Waals surface area contributed by atoms with Gasteiger partial charge in [0.15, 0.2) is 0 Å². The zero-order valence-electron chi connectivity index (χ0n) is 15.1. The third-order valence-corrected chi connectivity index (χ3v) is 5.20. The van der Waals surface area contributed by atoms with Gasteiger partial charge in [-0.3, -0.25) is 9.78 Å². The van der Waals surface area contributed by atoms with Crippen LogP contribution in [0.3, 0.4) is 0 Å². The molecule has 0 aliphatic carbocycles. The normalized spacial score (nSPS) is 19.7. The number of aryl methyl sites for hydroxylation is 1. The zero-order chi connectivity index (χ0) is 18.4. The summed E-state index contributed by atoms with van der Waals surface area (Å²) in [6.07, 6.45) is 5.84. The van der Waals surface area contributed by atoms with Gasteiger partial charge in [-0.15, -0.1) is 0 Å². The molecule has 0 saturated carbocycles. The van der Waals surface area contributed by atoms with Crippen LogP contribution in [0, 0.1) is 6.92 Å². The molecule has 1 amide bonds. The molecule has 3 aromatic rings. The quantitative estimate of drug-likeness (QED) is 0.771. The van der Waals surface area contributed by atoms with E-state index in [2.05, 4.69) is 27.9 Å². The van der Waals surface area contributed by atoms with E-state index >= 15 is 0 Å². The fourth-order valence-corrected chi connectivity index (χ4v) is 3.72. The summed E-state index contributed by atoms with van der Waals surface area (Å²) in [5.41, 5.74) is 5.63. The molecule has 1 fully saturated rings. The van der Waals surface area contributed by atoms with Crippen molar-refractivity contribution in [3.05, 3.63) is 42.0 Å². The lowest BCUT2D eigenvalue weighted by Crippen LogP contribution is -2.41. The summed E-state index contributed by atoms with van der Waals surface area (Å²) in [4.78, 5) is 26.5. The third-order valence-electron chi connectivity index (χ3n) is 5.20. The van der Waals surface area contributed by atoms with Gasteiger partial charge in [0.2, 0.25) is 5.91 Å². The Hall–Kier alpha value is -2.77. The highest BCUT2D eigenvalue weighted by Gasteiger charge is 2.31. The summed E-state index contributed by atoms with van der Waals surface area (Å²) in [6.45, 7) is 4.24. The Kier molecular flexibility index (Phi) is 3.91. The number of aromatic nitrogens is 3. The van der Waals surface area contributed by atoms with Crippen molar-refractivity contribution in [1.29, 1.82) is 0 Å². The average molecular weight is 364 g/mol. The monoisotopic (exact) mass is 364 g/mol. The van der Waals surface area contributed by atoms with Gasteiger partial charge in [-0.1, -0.05) is 0 Å². The van der Waals surface area contributed by atoms with Crippen LogP contribution in [0.1, 0.15) is 11.3 Å². The fraction of sp³-hybridized carbons (Fsp3) is 0.350. The molecule has 1 N–H and O–H groups in total. The molecule has 27 heavy (non-hydrogen) atoms. The van der Waals surface area contributed by atoms with Gasteiger partial charge in [0.25, 0.3) is 0 Å². The Morgan fingerprint density at radius 2 is 2.07 bits per heavy atom. The Bertz CT molecular complexity index is 1020. The Morgan fingerprint density at radius 1 is 1.22 bits per heavy atom. The predicted molar refractivity (Wildman–Crippen MR) is 101 cm³/mol. The molecule has 5 rings (SSSR count). The van der Waals surface area contributed by atoms with Crippen molar-refractivity contribution in [3.63, 3.8) is 0 Å². The topological polar surface area (TPSA) is 80.3 Å². The molecule has 0 aromatic carbocycles. The number of pyridine rings is 2. The molecule has 2 aliphatic heterocycles. The molecule has 2 aliphatic rings. The van der Waals surface area contributed by atoms with E-state index in [4.69, 9.17) is 9.47 Å². The molecular weight excluding hydrogens is 344 g/mol. The molecule has 7 nitrogen and oxygen atoms in total. The number of hydrogen-bond acceptors (Lipinski definition) is 5. The molecule has 0 unspecified atom stereocenters. The van der Waals surface area contributed by atoms with Gasteiger partial charge < -0.3 is 19.4 Å². The molecule has 7 heteroatoms. The van der Waals surface area contributed by atoms with Crippen LogP contribution >= 0.6 is 0 Å². The van der Waals surface area contributed by atoms with Crippen molar-refractivity contribution in [1.82, 2.24) is 15.0 Å². The number of nitrogens with one attached hydrogen (secondary N) is 1. The highest BCUT2D eigenvalue weighted by Crippen LogP contribution is 2.33. The Balaban J connectivity index is 1.49. The van der Waals surface area contributed by atoms with Crippen LogP contribution in [0.5, 0.6) is 0 Å². The molecule has 0 bridgehead atoms. The maximum absolute atomic E-state index is 12.5. The molecule has 3 aromatic heterocycles. The minimum atomic E-state index is -0.0992. The van der Waals surface area contributed by atoms with Crippen LogP contribution in [-0.2, 0) is 20.7 Å². The summed E-state index contributed by atoms with van der Waals surface area (Å²) < 4.78 is 11.2. The van der Waals surface area contributed by atoms with Crippen molar-refractivity contribution in [2.45, 2.75) is 19.4 Å². The summed E-state index contributed by atoms with van der Waals surface area (Å²) in [6, 6.07) is 4.14. The minimum absolute atomic E-state index is 0.0545. The van der Waals surface area contributed by atoms with Gasteiger partial charge in [0.1, 0.15) is 5.65 Å². The van der Waals surface area contributed by atoms with E-state index < -0.39 is 0 Å². The zero-order valence-corrected chi connectivity index (χ0v) is 15.1. The highest BCUT2D eigenvalue weighted by molar-refractivity contribution is 6.01. The fourth-order valence-electron chi connectivity index (χ4n) is 3.72. The number of carbonyl (C=O) groups is 1. The SMILES string of the molecule is Cc1c[nH]c2ncc(-c3cnc4c(c3)N(C[C@H]3COCCO3)C(=O)C4)cc12. The largest absolute Gasteiger partial charge is 0.376 e. The lowest BCUT2D eigenvalue weighted by atomic mass is 10.1. The molecule has 0 radical (unpaired) electrons. The van der Waals surface area contributed by atoms with Gasteiger partial charge in [-0.2, -0.15) is 0 Å². The van der Waals surface area contributed by atoms with Crippen molar-refractivity contribution in [3.8, 4) is 11.1 Å². The number of fused-ring (bicyclic) bond motifs is 2. The van der Waals surface area contributed by atoms with Crippen molar-refractivity contribution in [2.24, 2.45) is 0 Å². The van der Waals surface area contributed by atoms with Gasteiger partial charge in [-0.05, 0) is 24.6 Å². The smallest absolute Gasteiger partial charge is 0.233 e. The summed E-state index contributed by atoms with van der Waals surface area (Å²) in [7, 11) is 0. The van der Waals surface area contributed by atoms with Gasteiger partial charge >= 0.3 is 0 Å². The number of ether oxygens (including phenoxy) is 2. The maximum atomic E-state index is 12.5. The summed E-state index contributed by atoms with van der Waals surface area (Å²) in [5.74, 6) is 0.0545. The first kappa shape index (κ1) is 16.4. The summed E-state index contributed by atoms with van der Waals surface area (Å²) in [5, 5.41) is 1.09. The molecule has 1 saturated heterocycles. The molecule has 5 heterocycles. The predicted octanol–water partition coefficient (Wildman–Crippen LogP) is 2.24. The molecule has 1 atom stereocenters. The number of aromatic amines is 1. The maximum Gasteiger partial charge on any atom is 0.233 e. The van der Waals surface area contributed by atoms with Gasteiger partial charge in [0.05, 0.1) is 50.3 Å². The average Bonchev–Trinajstić information content (AvgIpc) is 3.22. The molecule has 138 valence electrons. The number of carbonyl (C=O) groups excluding carboxylic acids is 1. The number of hydrogen-bond donors (Lipinski definition) is 1. The first-order valence-electron chi connectivity index (χ1n) is 9.12. The lowest BCUT2D eigenvalue weighted by Gasteiger charge is -2.27. The van der Waals surface area contributed by atoms with Crippen LogP contribution in [0.2, 0.25) is 0 Å². The summed E-state index contributed by atoms with van der Waals surface area (Å²) >= 11 is 0. The van der Waals surface area contributed by atoms with Crippen LogP contribution in [0.15, 0.2) is 30.7 Å². The Labute approximate surface area is 156 Å². The van der Waals surface area contributed by atoms with Crippen LogP contribution < -0.4 is 4.90 Å². The number of H-pyrrole nitrogens is 1. The van der Waals surface area contributed by atoms with Gasteiger partial charge in [0, 0.05) is 35.1 Å². The highest BCUT2D eigenvalue weighted by atomic mass is 16.6. The number of anilines is 1. The van der Waals surface area contributed by atoms with E-state index in [9.17, 15) is 4.79 Å². The second kappa shape index (κ2) is 6.44. The molecule has 0 spiro atoms. The van der Waals surface area contributed by atoms with E-state index in [1.807, 2.05) is 24.7 Å². The Morgan fingerprint density at radius 3 is 2.93 bits per heavy atom. The second-order valence-corrected chi connectivity index (χ2v) is 7.03. The van der Waals surface area contributed by atoms with Crippen LogP contribution in [0.4, 0.5) is 5.69 Å². The van der Waals surface area contributed by atoms with E-state index in [1.165, 1.54) is 0 Å². The van der Waals surface area contributed by atoms with Crippen molar-refractivity contribution >= 4 is 22.6 Å². The van der Waals surface area contributed by atoms with E-state index in [0.29, 0.717) is 32.8 Å². The minimum Gasteiger partial charge on any atom is -0.376 e. The lowest BCUT2D eigenvalue weighted by molar-refractivity contribution is -0.119. The van der Waals surface area contributed by atoms with Crippen LogP contribution in [-0.4, -0.2) is 53.3 Å². The van der Waals surface area contributed by atoms with Crippen molar-refractivity contribution in [2.75, 3.05) is 31.3 Å². The standard InChI is InChI=1S/C20H20N4O3/c1-12-7-22-20-16(12)4-13(9-23-20)14-5-18-17(21-8-14)6-19(25)24(18)10-15-11-26-2-3-27-15/h4-5,7-9,15H,2-3,6,10-11H2,1H3,(H,22,23)/t15-/m0/s1. The van der Waals surface area contributed by atoms with Gasteiger partial charge in [-0.25, -0.2) is 4.98 Å². The van der Waals surface area contributed by atoms with E-state index in [1.54, 1.807) is 4.90 Å². The number of rotatable bonds is 3.